The van der Waals surface area contributed by atoms with Crippen molar-refractivity contribution in [3.63, 3.8) is 0 Å². The van der Waals surface area contributed by atoms with Gasteiger partial charge >= 0.3 is 6.03 Å². The third kappa shape index (κ3) is 4.70. The molecule has 2 rings (SSSR count). The molecule has 0 aliphatic carbocycles. The number of anilines is 1. The third-order valence-electron chi connectivity index (χ3n) is 2.99. The summed E-state index contributed by atoms with van der Waals surface area (Å²) in [5.41, 5.74) is 1.18. The molecule has 7 nitrogen and oxygen atoms in total. The number of urea groups is 1. The lowest BCUT2D eigenvalue weighted by Crippen LogP contribution is -2.39. The summed E-state index contributed by atoms with van der Waals surface area (Å²) >= 11 is 0. The van der Waals surface area contributed by atoms with E-state index in [1.807, 2.05) is 6.92 Å². The highest BCUT2D eigenvalue weighted by molar-refractivity contribution is 7.89. The number of amides is 2. The summed E-state index contributed by atoms with van der Waals surface area (Å²) in [5.74, 6) is -0.0807. The van der Waals surface area contributed by atoms with Gasteiger partial charge < -0.3 is 15.7 Å². The molecule has 0 bridgehead atoms. The molecule has 8 heteroatoms. The van der Waals surface area contributed by atoms with E-state index in [-0.39, 0.29) is 23.0 Å². The number of hydrogen-bond donors (Lipinski definition) is 4. The zero-order valence-electron chi connectivity index (χ0n) is 12.4. The molecule has 0 heterocycles. The summed E-state index contributed by atoms with van der Waals surface area (Å²) in [6, 6.07) is 11.9. The number of aromatic hydroxyl groups is 1. The molecule has 122 valence electrons. The van der Waals surface area contributed by atoms with Gasteiger partial charge in [0.25, 0.3) is 0 Å². The fraction of sp³-hybridized carbons (Fsp3) is 0.133. The third-order valence-corrected chi connectivity index (χ3v) is 4.41. The molecule has 2 aromatic carbocycles. The summed E-state index contributed by atoms with van der Waals surface area (Å²) in [5, 5.41) is 14.3. The summed E-state index contributed by atoms with van der Waals surface area (Å²) in [7, 11) is -3.70. The molecule has 0 fully saturated rings. The Morgan fingerprint density at radius 1 is 1.09 bits per heavy atom. The minimum Gasteiger partial charge on any atom is -0.506 e. The van der Waals surface area contributed by atoms with Crippen LogP contribution in [0.2, 0.25) is 0 Å². The van der Waals surface area contributed by atoms with Crippen LogP contribution in [-0.4, -0.2) is 26.2 Å². The highest BCUT2D eigenvalue weighted by Crippen LogP contribution is 2.20. The molecule has 23 heavy (non-hydrogen) atoms. The Labute approximate surface area is 134 Å². The first-order valence-electron chi connectivity index (χ1n) is 6.78. The first-order chi connectivity index (χ1) is 10.9. The molecular weight excluding hydrogens is 318 g/mol. The lowest BCUT2D eigenvalue weighted by Gasteiger charge is -2.10. The van der Waals surface area contributed by atoms with Crippen LogP contribution in [0.25, 0.3) is 0 Å². The molecular formula is C15H17N3O4S. The average Bonchev–Trinajstić information content (AvgIpc) is 2.50. The van der Waals surface area contributed by atoms with E-state index < -0.39 is 16.1 Å². The normalized spacial score (nSPS) is 11.0. The van der Waals surface area contributed by atoms with E-state index in [1.165, 1.54) is 24.3 Å². The Morgan fingerprint density at radius 2 is 1.74 bits per heavy atom. The van der Waals surface area contributed by atoms with Crippen molar-refractivity contribution in [2.45, 2.75) is 11.8 Å². The molecule has 0 spiro atoms. The fourth-order valence-electron chi connectivity index (χ4n) is 1.76. The van der Waals surface area contributed by atoms with Crippen molar-refractivity contribution in [3.8, 4) is 5.75 Å². The molecule has 0 aliphatic heterocycles. The van der Waals surface area contributed by atoms with Crippen molar-refractivity contribution >= 4 is 21.7 Å². The van der Waals surface area contributed by atoms with E-state index in [1.54, 1.807) is 24.3 Å². The Bertz CT molecular complexity index is 789. The van der Waals surface area contributed by atoms with Gasteiger partial charge in [-0.1, -0.05) is 29.8 Å². The largest absolute Gasteiger partial charge is 0.506 e. The number of nitrogens with one attached hydrogen (secondary N) is 3. The number of aryl methyl sites for hydroxylation is 1. The molecule has 0 saturated heterocycles. The van der Waals surface area contributed by atoms with Crippen LogP contribution < -0.4 is 15.4 Å². The fourth-order valence-corrected chi connectivity index (χ4v) is 2.68. The highest BCUT2D eigenvalue weighted by Gasteiger charge is 2.13. The predicted octanol–water partition coefficient (Wildman–Crippen LogP) is 1.76. The monoisotopic (exact) mass is 335 g/mol. The molecule has 0 unspecified atom stereocenters. The number of carbonyl (C=O) groups is 1. The Morgan fingerprint density at radius 3 is 2.39 bits per heavy atom. The van der Waals surface area contributed by atoms with Gasteiger partial charge in [-0.2, -0.15) is 4.72 Å². The van der Waals surface area contributed by atoms with Crippen LogP contribution in [0, 0.1) is 6.92 Å². The second kappa shape index (κ2) is 7.12. The van der Waals surface area contributed by atoms with Crippen LogP contribution >= 0.6 is 0 Å². The van der Waals surface area contributed by atoms with E-state index in [9.17, 15) is 18.3 Å². The van der Waals surface area contributed by atoms with Crippen molar-refractivity contribution in [2.75, 3.05) is 12.0 Å². The molecule has 4 N–H and O–H groups in total. The van der Waals surface area contributed by atoms with Crippen molar-refractivity contribution in [1.29, 1.82) is 0 Å². The average molecular weight is 335 g/mol. The topological polar surface area (TPSA) is 108 Å². The van der Waals surface area contributed by atoms with Gasteiger partial charge in [-0.15, -0.1) is 0 Å². The van der Waals surface area contributed by atoms with E-state index in [4.69, 9.17) is 0 Å². The smallest absolute Gasteiger partial charge is 0.320 e. The lowest BCUT2D eigenvalue weighted by molar-refractivity contribution is 0.252. The lowest BCUT2D eigenvalue weighted by atomic mass is 10.2. The number of sulfonamides is 1. The number of carbonyl (C=O) groups excluding carboxylic acids is 1. The van der Waals surface area contributed by atoms with Gasteiger partial charge in [0.2, 0.25) is 10.0 Å². The van der Waals surface area contributed by atoms with Crippen molar-refractivity contribution < 1.29 is 18.3 Å². The van der Waals surface area contributed by atoms with Gasteiger partial charge in [0.05, 0.1) is 17.3 Å². The van der Waals surface area contributed by atoms with Crippen LogP contribution in [0.4, 0.5) is 10.5 Å². The van der Waals surface area contributed by atoms with Gasteiger partial charge in [0.15, 0.2) is 0 Å². The molecule has 0 aromatic heterocycles. The molecule has 0 saturated carbocycles. The minimum atomic E-state index is -3.70. The van der Waals surface area contributed by atoms with Crippen LogP contribution in [0.1, 0.15) is 5.56 Å². The minimum absolute atomic E-state index is 0.0807. The SMILES string of the molecule is Cc1ccc(S(=O)(=O)NCNC(=O)Nc2ccccc2O)cc1. The maximum atomic E-state index is 12.0. The summed E-state index contributed by atoms with van der Waals surface area (Å²) in [6.07, 6.45) is 0. The number of hydrogen-bond acceptors (Lipinski definition) is 4. The van der Waals surface area contributed by atoms with Crippen molar-refractivity contribution in [1.82, 2.24) is 10.0 Å². The quantitative estimate of drug-likeness (QED) is 0.493. The van der Waals surface area contributed by atoms with E-state index in [0.717, 1.165) is 5.56 Å². The van der Waals surface area contributed by atoms with E-state index in [2.05, 4.69) is 15.4 Å². The summed E-state index contributed by atoms with van der Waals surface area (Å²) in [6.45, 7) is 1.57. The van der Waals surface area contributed by atoms with Crippen molar-refractivity contribution in [2.24, 2.45) is 0 Å². The second-order valence-electron chi connectivity index (χ2n) is 4.79. The zero-order chi connectivity index (χ0) is 16.9. The second-order valence-corrected chi connectivity index (χ2v) is 6.55. The van der Waals surface area contributed by atoms with E-state index in [0.29, 0.717) is 0 Å². The summed E-state index contributed by atoms with van der Waals surface area (Å²) < 4.78 is 26.3. The van der Waals surface area contributed by atoms with Crippen LogP contribution in [-0.2, 0) is 10.0 Å². The highest BCUT2D eigenvalue weighted by atomic mass is 32.2. The molecule has 2 amide bonds. The molecule has 0 aliphatic rings. The standard InChI is InChI=1S/C15H17N3O4S/c1-11-6-8-12(9-7-11)23(21,22)17-10-16-15(20)18-13-4-2-3-5-14(13)19/h2-9,17,19H,10H2,1H3,(H2,16,18,20). The Balaban J connectivity index is 1.88. The van der Waals surface area contributed by atoms with Gasteiger partial charge in [-0.05, 0) is 31.2 Å². The molecule has 0 radical (unpaired) electrons. The van der Waals surface area contributed by atoms with Crippen LogP contribution in [0.3, 0.4) is 0 Å². The summed E-state index contributed by atoms with van der Waals surface area (Å²) in [4.78, 5) is 11.8. The maximum Gasteiger partial charge on any atom is 0.320 e. The van der Waals surface area contributed by atoms with Gasteiger partial charge in [0, 0.05) is 0 Å². The predicted molar refractivity (Wildman–Crippen MR) is 86.6 cm³/mol. The van der Waals surface area contributed by atoms with Gasteiger partial charge in [-0.25, -0.2) is 13.2 Å². The zero-order valence-corrected chi connectivity index (χ0v) is 13.2. The van der Waals surface area contributed by atoms with Crippen molar-refractivity contribution in [3.05, 3.63) is 54.1 Å². The number of phenols is 1. The van der Waals surface area contributed by atoms with E-state index >= 15 is 0 Å². The first-order valence-corrected chi connectivity index (χ1v) is 8.26. The Hall–Kier alpha value is -2.58. The number of para-hydroxylation sites is 2. The molecule has 0 atom stereocenters. The first kappa shape index (κ1) is 16.8. The number of rotatable bonds is 5. The number of benzene rings is 2. The number of phenolic OH excluding ortho intramolecular Hbond substituents is 1. The van der Waals surface area contributed by atoms with Gasteiger partial charge in [0.1, 0.15) is 5.75 Å². The molecule has 2 aromatic rings. The van der Waals surface area contributed by atoms with Gasteiger partial charge in [-0.3, -0.25) is 0 Å². The Kier molecular flexibility index (Phi) is 5.20. The van der Waals surface area contributed by atoms with Crippen LogP contribution in [0.5, 0.6) is 5.75 Å². The maximum absolute atomic E-state index is 12.0. The van der Waals surface area contributed by atoms with Crippen LogP contribution in [0.15, 0.2) is 53.4 Å².